The molecule has 0 radical (unpaired) electrons. The molecular weight excluding hydrogens is 245 g/mol. The smallest absolute Gasteiger partial charge is 0.387 e. The van der Waals surface area contributed by atoms with E-state index >= 15 is 0 Å². The average molecular weight is 253 g/mol. The molecule has 6 heteroatoms. The van der Waals surface area contributed by atoms with Crippen LogP contribution >= 0.6 is 11.6 Å². The highest BCUT2D eigenvalue weighted by atomic mass is 35.5. The Labute approximate surface area is 95.0 Å². The Kier molecular flexibility index (Phi) is 4.61. The summed E-state index contributed by atoms with van der Waals surface area (Å²) < 4.78 is 40.9. The highest BCUT2D eigenvalue weighted by molar-refractivity contribution is 6.27. The van der Waals surface area contributed by atoms with E-state index in [1.807, 2.05) is 0 Å². The number of ketones is 1. The number of ether oxygens (including phenoxy) is 1. The Morgan fingerprint density at radius 2 is 2.12 bits per heavy atom. The van der Waals surface area contributed by atoms with Crippen molar-refractivity contribution in [2.75, 3.05) is 5.88 Å². The van der Waals surface area contributed by atoms with Crippen molar-refractivity contribution in [3.63, 3.8) is 0 Å². The van der Waals surface area contributed by atoms with E-state index in [0.29, 0.717) is 0 Å². The van der Waals surface area contributed by atoms with Crippen LogP contribution in [0.15, 0.2) is 18.2 Å². The lowest BCUT2D eigenvalue weighted by molar-refractivity contribution is -0.116. The monoisotopic (exact) mass is 252 g/mol. The van der Waals surface area contributed by atoms with Crippen LogP contribution in [-0.2, 0) is 11.2 Å². The van der Waals surface area contributed by atoms with Gasteiger partial charge in [0.1, 0.15) is 11.6 Å². The molecule has 0 atom stereocenters. The Balaban J connectivity index is 2.93. The van der Waals surface area contributed by atoms with Gasteiger partial charge in [0.05, 0.1) is 5.88 Å². The summed E-state index contributed by atoms with van der Waals surface area (Å²) in [7, 11) is 0. The molecule has 0 amide bonds. The summed E-state index contributed by atoms with van der Waals surface area (Å²) in [5.74, 6) is -1.63. The van der Waals surface area contributed by atoms with E-state index < -0.39 is 12.4 Å². The normalized spacial score (nSPS) is 10.6. The number of halogens is 4. The minimum absolute atomic E-state index is 0.161. The number of alkyl halides is 3. The van der Waals surface area contributed by atoms with Crippen molar-refractivity contribution in [2.45, 2.75) is 13.0 Å². The fraction of sp³-hybridized carbons (Fsp3) is 0.300. The number of hydrogen-bond acceptors (Lipinski definition) is 2. The van der Waals surface area contributed by atoms with Gasteiger partial charge in [-0.2, -0.15) is 8.78 Å². The molecule has 16 heavy (non-hydrogen) atoms. The highest BCUT2D eigenvalue weighted by Crippen LogP contribution is 2.22. The van der Waals surface area contributed by atoms with E-state index in [4.69, 9.17) is 11.6 Å². The molecule has 0 spiro atoms. The van der Waals surface area contributed by atoms with Crippen molar-refractivity contribution in [1.29, 1.82) is 0 Å². The second-order valence-corrected chi connectivity index (χ2v) is 3.25. The van der Waals surface area contributed by atoms with Gasteiger partial charge in [-0.25, -0.2) is 4.39 Å². The lowest BCUT2D eigenvalue weighted by atomic mass is 10.1. The molecule has 0 aliphatic carbocycles. The van der Waals surface area contributed by atoms with Crippen LogP contribution < -0.4 is 4.74 Å². The van der Waals surface area contributed by atoms with E-state index in [9.17, 15) is 18.0 Å². The number of hydrogen-bond donors (Lipinski definition) is 0. The molecule has 0 N–H and O–H groups in total. The lowest BCUT2D eigenvalue weighted by Crippen LogP contribution is -2.09. The number of rotatable bonds is 5. The zero-order chi connectivity index (χ0) is 12.1. The van der Waals surface area contributed by atoms with Crippen LogP contribution in [0.1, 0.15) is 5.56 Å². The van der Waals surface area contributed by atoms with Crippen LogP contribution in [0.5, 0.6) is 5.75 Å². The van der Waals surface area contributed by atoms with Gasteiger partial charge in [0.25, 0.3) is 0 Å². The maximum atomic E-state index is 12.8. The number of benzene rings is 1. The zero-order valence-corrected chi connectivity index (χ0v) is 8.81. The largest absolute Gasteiger partial charge is 0.434 e. The van der Waals surface area contributed by atoms with E-state index in [1.54, 1.807) is 0 Å². The van der Waals surface area contributed by atoms with E-state index in [1.165, 1.54) is 6.07 Å². The maximum Gasteiger partial charge on any atom is 0.387 e. The molecule has 88 valence electrons. The molecule has 0 saturated carbocycles. The summed E-state index contributed by atoms with van der Waals surface area (Å²) in [4.78, 5) is 11.0. The van der Waals surface area contributed by atoms with Gasteiger partial charge < -0.3 is 4.74 Å². The van der Waals surface area contributed by atoms with Crippen LogP contribution in [0.4, 0.5) is 13.2 Å². The second kappa shape index (κ2) is 5.75. The van der Waals surface area contributed by atoms with Crippen LogP contribution in [0.2, 0.25) is 0 Å². The minimum Gasteiger partial charge on any atom is -0.434 e. The van der Waals surface area contributed by atoms with Gasteiger partial charge in [-0.1, -0.05) is 6.07 Å². The Hall–Kier alpha value is -1.23. The molecule has 1 aromatic carbocycles. The van der Waals surface area contributed by atoms with Crippen molar-refractivity contribution in [3.05, 3.63) is 29.6 Å². The molecule has 1 rings (SSSR count). The van der Waals surface area contributed by atoms with Gasteiger partial charge in [0.2, 0.25) is 0 Å². The fourth-order valence-electron chi connectivity index (χ4n) is 1.14. The molecule has 2 nitrogen and oxygen atoms in total. The van der Waals surface area contributed by atoms with E-state index in [2.05, 4.69) is 4.74 Å². The Morgan fingerprint density at radius 3 is 2.69 bits per heavy atom. The molecule has 0 aromatic heterocycles. The summed E-state index contributed by atoms with van der Waals surface area (Å²) in [5.41, 5.74) is 0.187. The van der Waals surface area contributed by atoms with E-state index in [0.717, 1.165) is 12.1 Å². The van der Waals surface area contributed by atoms with E-state index in [-0.39, 0.29) is 29.4 Å². The van der Waals surface area contributed by atoms with Crippen LogP contribution in [0, 0.1) is 5.82 Å². The average Bonchev–Trinajstić information content (AvgIpc) is 2.21. The van der Waals surface area contributed by atoms with Gasteiger partial charge in [-0.3, -0.25) is 4.79 Å². The lowest BCUT2D eigenvalue weighted by Gasteiger charge is -2.09. The zero-order valence-electron chi connectivity index (χ0n) is 8.05. The van der Waals surface area contributed by atoms with Crippen molar-refractivity contribution in [1.82, 2.24) is 0 Å². The topological polar surface area (TPSA) is 26.3 Å². The Bertz CT molecular complexity index is 382. The van der Waals surface area contributed by atoms with Gasteiger partial charge in [0, 0.05) is 18.1 Å². The van der Waals surface area contributed by atoms with Crippen molar-refractivity contribution in [2.24, 2.45) is 0 Å². The minimum atomic E-state index is -3.06. The van der Waals surface area contributed by atoms with Crippen molar-refractivity contribution in [3.8, 4) is 5.75 Å². The van der Waals surface area contributed by atoms with Gasteiger partial charge in [-0.15, -0.1) is 11.6 Å². The number of carbonyl (C=O) groups excluding carboxylic acids is 1. The Morgan fingerprint density at radius 1 is 1.44 bits per heavy atom. The standard InChI is InChI=1S/C10H8ClF3O2/c11-5-8(15)3-6-1-2-7(12)4-9(6)16-10(13)14/h1-2,4,10H,3,5H2. The van der Waals surface area contributed by atoms with Crippen molar-refractivity contribution < 1.29 is 22.7 Å². The molecule has 0 fully saturated rings. The summed E-state index contributed by atoms with van der Waals surface area (Å²) in [5, 5.41) is 0. The van der Waals surface area contributed by atoms with Gasteiger partial charge in [-0.05, 0) is 6.07 Å². The van der Waals surface area contributed by atoms with Crippen LogP contribution in [-0.4, -0.2) is 18.3 Å². The molecule has 0 saturated heterocycles. The van der Waals surface area contributed by atoms with Crippen LogP contribution in [0.25, 0.3) is 0 Å². The van der Waals surface area contributed by atoms with Gasteiger partial charge >= 0.3 is 6.61 Å². The molecule has 0 aliphatic heterocycles. The quantitative estimate of drug-likeness (QED) is 0.753. The van der Waals surface area contributed by atoms with Crippen molar-refractivity contribution >= 4 is 17.4 Å². The molecule has 0 bridgehead atoms. The third kappa shape index (κ3) is 3.73. The predicted molar refractivity (Wildman–Crippen MR) is 52.5 cm³/mol. The summed E-state index contributed by atoms with van der Waals surface area (Å²) in [6.45, 7) is -3.06. The molecule has 0 unspecified atom stereocenters. The second-order valence-electron chi connectivity index (χ2n) is 2.98. The first-order valence-corrected chi connectivity index (χ1v) is 4.87. The third-order valence-corrected chi connectivity index (χ3v) is 2.08. The summed E-state index contributed by atoms with van der Waals surface area (Å²) in [6, 6.07) is 3.09. The first-order valence-electron chi connectivity index (χ1n) is 4.34. The van der Waals surface area contributed by atoms with Gasteiger partial charge in [0.15, 0.2) is 5.78 Å². The maximum absolute atomic E-state index is 12.8. The molecule has 1 aromatic rings. The fourth-order valence-corrected chi connectivity index (χ4v) is 1.23. The summed E-state index contributed by atoms with van der Waals surface area (Å²) in [6.07, 6.45) is -0.161. The summed E-state index contributed by atoms with van der Waals surface area (Å²) >= 11 is 5.28. The highest BCUT2D eigenvalue weighted by Gasteiger charge is 2.13. The molecular formula is C10H8ClF3O2. The number of carbonyl (C=O) groups is 1. The predicted octanol–water partition coefficient (Wildman–Crippen LogP) is 2.78. The molecule has 0 aliphatic rings. The SMILES string of the molecule is O=C(CCl)Cc1ccc(F)cc1OC(F)F. The molecule has 0 heterocycles. The van der Waals surface area contributed by atoms with Crippen LogP contribution in [0.3, 0.4) is 0 Å². The third-order valence-electron chi connectivity index (χ3n) is 1.78. The number of Topliss-reactive ketones (excluding diaryl/α,β-unsaturated/α-hetero) is 1. The first kappa shape index (κ1) is 12.8. The first-order chi connectivity index (χ1) is 7.52.